The third-order valence-electron chi connectivity index (χ3n) is 4.43. The minimum absolute atomic E-state index is 0.280. The Morgan fingerprint density at radius 1 is 1.35 bits per heavy atom. The number of aromatic amines is 1. The van der Waals surface area contributed by atoms with Gasteiger partial charge in [0.15, 0.2) is 11.5 Å². The maximum absolute atomic E-state index is 5.81. The van der Waals surface area contributed by atoms with Gasteiger partial charge in [0.2, 0.25) is 5.95 Å². The summed E-state index contributed by atoms with van der Waals surface area (Å²) < 4.78 is 5.61. The van der Waals surface area contributed by atoms with E-state index in [0.29, 0.717) is 5.65 Å². The predicted molar refractivity (Wildman–Crippen MR) is 75.4 cm³/mol. The number of nitrogens with two attached hydrogens (primary N) is 1. The number of H-pyrrole nitrogens is 1. The number of nitrogens with one attached hydrogen (secondary N) is 1. The van der Waals surface area contributed by atoms with Crippen LogP contribution in [0.3, 0.4) is 0 Å². The van der Waals surface area contributed by atoms with E-state index in [0.717, 1.165) is 50.5 Å². The first kappa shape index (κ1) is 11.9. The molecule has 2 aromatic rings. The van der Waals surface area contributed by atoms with Crippen molar-refractivity contribution in [3.05, 3.63) is 6.33 Å². The molecule has 3 N–H and O–H groups in total. The lowest BCUT2D eigenvalue weighted by Crippen LogP contribution is -2.44. The molecule has 2 aliphatic heterocycles. The number of anilines is 2. The van der Waals surface area contributed by atoms with Crippen LogP contribution in [-0.4, -0.2) is 46.2 Å². The summed E-state index contributed by atoms with van der Waals surface area (Å²) in [5.74, 6) is 1.15. The van der Waals surface area contributed by atoms with E-state index in [1.807, 2.05) is 0 Å². The van der Waals surface area contributed by atoms with Gasteiger partial charge in [-0.3, -0.25) is 0 Å². The van der Waals surface area contributed by atoms with E-state index in [9.17, 15) is 0 Å². The molecule has 0 amide bonds. The summed E-state index contributed by atoms with van der Waals surface area (Å²) >= 11 is 0. The Morgan fingerprint density at radius 3 is 3.15 bits per heavy atom. The van der Waals surface area contributed by atoms with E-state index in [2.05, 4.69) is 24.8 Å². The second kappa shape index (κ2) is 4.31. The number of ether oxygens (including phenoxy) is 1. The lowest BCUT2D eigenvalue weighted by molar-refractivity contribution is 0.139. The summed E-state index contributed by atoms with van der Waals surface area (Å²) in [6.45, 7) is 3.69. The molecule has 7 heteroatoms. The number of nitrogens with zero attached hydrogens (tertiary/aromatic N) is 4. The maximum Gasteiger partial charge on any atom is 0.224 e. The van der Waals surface area contributed by atoms with Crippen LogP contribution in [0, 0.1) is 5.41 Å². The highest BCUT2D eigenvalue weighted by atomic mass is 16.5. The van der Waals surface area contributed by atoms with E-state index in [1.165, 1.54) is 6.42 Å². The number of hydrogen-bond donors (Lipinski definition) is 2. The van der Waals surface area contributed by atoms with Crippen molar-refractivity contribution >= 4 is 22.9 Å². The maximum atomic E-state index is 5.81. The first-order valence-electron chi connectivity index (χ1n) is 7.05. The van der Waals surface area contributed by atoms with E-state index in [4.69, 9.17) is 10.5 Å². The molecule has 0 aromatic carbocycles. The number of hydrogen-bond acceptors (Lipinski definition) is 6. The van der Waals surface area contributed by atoms with Gasteiger partial charge in [0.1, 0.15) is 5.52 Å². The summed E-state index contributed by atoms with van der Waals surface area (Å²) in [6, 6.07) is 0. The Bertz CT molecular complexity index is 633. The predicted octanol–water partition coefficient (Wildman–Crippen LogP) is 0.942. The van der Waals surface area contributed by atoms with Crippen molar-refractivity contribution in [3.8, 4) is 0 Å². The highest BCUT2D eigenvalue weighted by Gasteiger charge is 2.39. The second-order valence-corrected chi connectivity index (χ2v) is 5.83. The summed E-state index contributed by atoms with van der Waals surface area (Å²) in [4.78, 5) is 18.2. The van der Waals surface area contributed by atoms with Gasteiger partial charge in [-0.2, -0.15) is 9.97 Å². The van der Waals surface area contributed by atoms with Crippen LogP contribution in [0.15, 0.2) is 6.33 Å². The molecule has 4 rings (SSSR count). The number of piperidine rings is 1. The van der Waals surface area contributed by atoms with Gasteiger partial charge in [-0.1, -0.05) is 0 Å². The zero-order valence-corrected chi connectivity index (χ0v) is 11.3. The largest absolute Gasteiger partial charge is 0.381 e. The van der Waals surface area contributed by atoms with Crippen LogP contribution in [0.5, 0.6) is 0 Å². The minimum atomic E-state index is 0.280. The van der Waals surface area contributed by atoms with E-state index in [-0.39, 0.29) is 11.4 Å². The molecule has 2 saturated heterocycles. The van der Waals surface area contributed by atoms with Crippen molar-refractivity contribution in [2.75, 3.05) is 36.9 Å². The van der Waals surface area contributed by atoms with Crippen LogP contribution >= 0.6 is 0 Å². The first-order valence-corrected chi connectivity index (χ1v) is 7.05. The van der Waals surface area contributed by atoms with E-state index >= 15 is 0 Å². The average molecular weight is 274 g/mol. The minimum Gasteiger partial charge on any atom is -0.381 e. The molecule has 0 bridgehead atoms. The van der Waals surface area contributed by atoms with Crippen LogP contribution in [-0.2, 0) is 4.74 Å². The quantitative estimate of drug-likeness (QED) is 0.804. The van der Waals surface area contributed by atoms with Crippen LogP contribution in [0.1, 0.15) is 19.3 Å². The zero-order chi connectivity index (χ0) is 13.6. The molecule has 7 nitrogen and oxygen atoms in total. The molecule has 0 saturated carbocycles. The Balaban J connectivity index is 1.73. The summed E-state index contributed by atoms with van der Waals surface area (Å²) in [5, 5.41) is 0. The van der Waals surface area contributed by atoms with Crippen molar-refractivity contribution in [2.45, 2.75) is 19.3 Å². The fraction of sp³-hybridized carbons (Fsp3) is 0.615. The van der Waals surface area contributed by atoms with E-state index < -0.39 is 0 Å². The van der Waals surface area contributed by atoms with Gasteiger partial charge in [-0.15, -0.1) is 0 Å². The van der Waals surface area contributed by atoms with Crippen LogP contribution in [0.4, 0.5) is 11.8 Å². The molecule has 1 atom stereocenters. The monoisotopic (exact) mass is 274 g/mol. The van der Waals surface area contributed by atoms with Crippen LogP contribution in [0.2, 0.25) is 0 Å². The Hall–Kier alpha value is -1.89. The van der Waals surface area contributed by atoms with Crippen molar-refractivity contribution in [2.24, 2.45) is 5.41 Å². The topological polar surface area (TPSA) is 92.9 Å². The number of nitrogen functional groups attached to an aromatic ring is 1. The van der Waals surface area contributed by atoms with Gasteiger partial charge in [0.05, 0.1) is 12.9 Å². The van der Waals surface area contributed by atoms with Gasteiger partial charge in [-0.05, 0) is 19.3 Å². The summed E-state index contributed by atoms with van der Waals surface area (Å²) in [5.41, 5.74) is 7.59. The molecule has 4 heterocycles. The van der Waals surface area contributed by atoms with Gasteiger partial charge in [0.25, 0.3) is 0 Å². The smallest absolute Gasteiger partial charge is 0.224 e. The molecule has 2 fully saturated rings. The number of aromatic nitrogens is 4. The van der Waals surface area contributed by atoms with Gasteiger partial charge in [0, 0.05) is 25.1 Å². The second-order valence-electron chi connectivity index (χ2n) is 5.83. The molecular weight excluding hydrogens is 256 g/mol. The van der Waals surface area contributed by atoms with E-state index in [1.54, 1.807) is 6.33 Å². The van der Waals surface area contributed by atoms with Crippen molar-refractivity contribution in [3.63, 3.8) is 0 Å². The number of fused-ring (bicyclic) bond motifs is 1. The normalized spacial score (nSPS) is 26.7. The molecule has 1 spiro atoms. The van der Waals surface area contributed by atoms with Crippen molar-refractivity contribution < 1.29 is 4.74 Å². The number of rotatable bonds is 1. The molecule has 2 aliphatic rings. The molecular formula is C13H18N6O. The SMILES string of the molecule is Nc1nc(N2CCCC3(CCOC3)C2)c2[nH]cnc2n1. The number of imidazole rings is 1. The molecule has 106 valence electrons. The molecule has 1 unspecified atom stereocenters. The first-order chi connectivity index (χ1) is 9.76. The third-order valence-corrected chi connectivity index (χ3v) is 4.43. The van der Waals surface area contributed by atoms with Gasteiger partial charge >= 0.3 is 0 Å². The van der Waals surface area contributed by atoms with Crippen molar-refractivity contribution in [1.29, 1.82) is 0 Å². The van der Waals surface area contributed by atoms with Gasteiger partial charge in [-0.25, -0.2) is 4.98 Å². The third kappa shape index (κ3) is 1.81. The summed E-state index contributed by atoms with van der Waals surface area (Å²) in [6.07, 6.45) is 5.16. The molecule has 20 heavy (non-hydrogen) atoms. The van der Waals surface area contributed by atoms with Gasteiger partial charge < -0.3 is 20.4 Å². The standard InChI is InChI=1S/C13H18N6O/c14-12-17-10-9(15-8-16-10)11(18-12)19-4-1-2-13(6-19)3-5-20-7-13/h8H,1-7H2,(H3,14,15,16,17,18). The fourth-order valence-electron chi connectivity index (χ4n) is 3.42. The molecule has 2 aromatic heterocycles. The highest BCUT2D eigenvalue weighted by molar-refractivity contribution is 5.84. The Morgan fingerprint density at radius 2 is 2.30 bits per heavy atom. The lowest BCUT2D eigenvalue weighted by Gasteiger charge is -2.40. The Kier molecular flexibility index (Phi) is 2.56. The zero-order valence-electron chi connectivity index (χ0n) is 11.3. The lowest BCUT2D eigenvalue weighted by atomic mass is 9.79. The van der Waals surface area contributed by atoms with Crippen LogP contribution < -0.4 is 10.6 Å². The highest BCUT2D eigenvalue weighted by Crippen LogP contribution is 2.39. The fourth-order valence-corrected chi connectivity index (χ4v) is 3.42. The molecule has 0 radical (unpaired) electrons. The molecule has 0 aliphatic carbocycles. The average Bonchev–Trinajstić information content (AvgIpc) is 3.07. The Labute approximate surface area is 116 Å². The van der Waals surface area contributed by atoms with Crippen molar-refractivity contribution in [1.82, 2.24) is 19.9 Å². The van der Waals surface area contributed by atoms with Crippen LogP contribution in [0.25, 0.3) is 11.2 Å². The summed E-state index contributed by atoms with van der Waals surface area (Å²) in [7, 11) is 0.